The average Bonchev–Trinajstić information content (AvgIpc) is 2.82. The summed E-state index contributed by atoms with van der Waals surface area (Å²) < 4.78 is 0. The van der Waals surface area contributed by atoms with E-state index in [0.717, 1.165) is 4.90 Å². The summed E-state index contributed by atoms with van der Waals surface area (Å²) in [5.74, 6) is -1.45. The van der Waals surface area contributed by atoms with Crippen molar-refractivity contribution in [2.24, 2.45) is 5.92 Å². The summed E-state index contributed by atoms with van der Waals surface area (Å²) in [6.45, 7) is 3.75. The van der Waals surface area contributed by atoms with Crippen molar-refractivity contribution in [3.63, 3.8) is 0 Å². The number of imide groups is 1. The standard InChI is InChI=1S/C16H17ClN2O3/c1-3-10(2)15(19-13(20)8-9-14(19)21)16(22)18-12-6-4-11(17)5-7-12/h4-10,15H,3H2,1-2H3,(H,18,22)/t10?,15-/m0/s1. The van der Waals surface area contributed by atoms with Gasteiger partial charge in [0, 0.05) is 22.9 Å². The van der Waals surface area contributed by atoms with Crippen molar-refractivity contribution in [1.29, 1.82) is 0 Å². The molecule has 2 atom stereocenters. The van der Waals surface area contributed by atoms with Crippen LogP contribution in [0.15, 0.2) is 36.4 Å². The molecule has 0 saturated heterocycles. The lowest BCUT2D eigenvalue weighted by atomic mass is 9.96. The Morgan fingerprint density at radius 3 is 2.23 bits per heavy atom. The molecule has 0 saturated carbocycles. The van der Waals surface area contributed by atoms with Gasteiger partial charge in [-0.25, -0.2) is 0 Å². The Bertz CT molecular complexity index is 607. The number of hydrogen-bond acceptors (Lipinski definition) is 3. The SMILES string of the molecule is CCC(C)[C@@H](C(=O)Nc1ccc(Cl)cc1)N1C(=O)C=CC1=O. The molecule has 1 unspecified atom stereocenters. The third-order valence-electron chi connectivity index (χ3n) is 3.68. The molecule has 0 aromatic heterocycles. The molecule has 0 aliphatic carbocycles. The third-order valence-corrected chi connectivity index (χ3v) is 3.94. The van der Waals surface area contributed by atoms with Crippen molar-refractivity contribution in [1.82, 2.24) is 4.90 Å². The zero-order chi connectivity index (χ0) is 16.3. The summed E-state index contributed by atoms with van der Waals surface area (Å²) in [4.78, 5) is 37.3. The van der Waals surface area contributed by atoms with Crippen LogP contribution in [0.2, 0.25) is 5.02 Å². The van der Waals surface area contributed by atoms with Gasteiger partial charge >= 0.3 is 0 Å². The average molecular weight is 321 g/mol. The number of amides is 3. The van der Waals surface area contributed by atoms with Gasteiger partial charge in [-0.05, 0) is 30.2 Å². The van der Waals surface area contributed by atoms with Gasteiger partial charge in [0.25, 0.3) is 11.8 Å². The van der Waals surface area contributed by atoms with Crippen LogP contribution < -0.4 is 5.32 Å². The monoisotopic (exact) mass is 320 g/mol. The second kappa shape index (κ2) is 6.75. The Morgan fingerprint density at radius 1 is 1.18 bits per heavy atom. The van der Waals surface area contributed by atoms with Crippen molar-refractivity contribution < 1.29 is 14.4 Å². The lowest BCUT2D eigenvalue weighted by Crippen LogP contribution is -2.50. The maximum absolute atomic E-state index is 12.6. The zero-order valence-corrected chi connectivity index (χ0v) is 13.1. The van der Waals surface area contributed by atoms with E-state index in [9.17, 15) is 14.4 Å². The summed E-state index contributed by atoms with van der Waals surface area (Å²) in [6, 6.07) is 5.81. The molecule has 6 heteroatoms. The van der Waals surface area contributed by atoms with Crippen molar-refractivity contribution >= 4 is 35.0 Å². The molecule has 1 aromatic carbocycles. The molecule has 0 fully saturated rings. The van der Waals surface area contributed by atoms with E-state index in [4.69, 9.17) is 11.6 Å². The number of hydrogen-bond donors (Lipinski definition) is 1. The van der Waals surface area contributed by atoms with Gasteiger partial charge in [0.1, 0.15) is 6.04 Å². The Kier molecular flexibility index (Phi) is 4.98. The Labute approximate surface area is 133 Å². The minimum atomic E-state index is -0.837. The molecule has 0 bridgehead atoms. The van der Waals surface area contributed by atoms with Crippen LogP contribution in [-0.2, 0) is 14.4 Å². The van der Waals surface area contributed by atoms with Gasteiger partial charge < -0.3 is 5.32 Å². The van der Waals surface area contributed by atoms with Gasteiger partial charge in [0.05, 0.1) is 0 Å². The van der Waals surface area contributed by atoms with Crippen LogP contribution in [0.1, 0.15) is 20.3 Å². The van der Waals surface area contributed by atoms with E-state index in [2.05, 4.69) is 5.32 Å². The predicted molar refractivity (Wildman–Crippen MR) is 84.3 cm³/mol. The van der Waals surface area contributed by atoms with Gasteiger partial charge in [-0.1, -0.05) is 31.9 Å². The smallest absolute Gasteiger partial charge is 0.254 e. The van der Waals surface area contributed by atoms with E-state index < -0.39 is 17.9 Å². The van der Waals surface area contributed by atoms with Crippen molar-refractivity contribution in [3.05, 3.63) is 41.4 Å². The maximum atomic E-state index is 12.6. The zero-order valence-electron chi connectivity index (χ0n) is 12.4. The maximum Gasteiger partial charge on any atom is 0.254 e. The number of halogens is 1. The highest BCUT2D eigenvalue weighted by Crippen LogP contribution is 2.21. The summed E-state index contributed by atoms with van der Waals surface area (Å²) in [5, 5.41) is 3.29. The molecule has 1 heterocycles. The molecule has 1 N–H and O–H groups in total. The predicted octanol–water partition coefficient (Wildman–Crippen LogP) is 2.62. The number of carbonyl (C=O) groups is 3. The first-order valence-corrected chi connectivity index (χ1v) is 7.43. The van der Waals surface area contributed by atoms with E-state index >= 15 is 0 Å². The van der Waals surface area contributed by atoms with E-state index in [1.54, 1.807) is 24.3 Å². The van der Waals surface area contributed by atoms with E-state index in [-0.39, 0.29) is 11.8 Å². The van der Waals surface area contributed by atoms with Crippen molar-refractivity contribution in [3.8, 4) is 0 Å². The summed E-state index contributed by atoms with van der Waals surface area (Å²) >= 11 is 5.81. The highest BCUT2D eigenvalue weighted by atomic mass is 35.5. The molecule has 0 spiro atoms. The van der Waals surface area contributed by atoms with Crippen LogP contribution in [0.25, 0.3) is 0 Å². The van der Waals surface area contributed by atoms with Crippen LogP contribution in [0, 0.1) is 5.92 Å². The Hall–Kier alpha value is -2.14. The molecule has 1 aliphatic heterocycles. The van der Waals surface area contributed by atoms with Crippen molar-refractivity contribution in [2.45, 2.75) is 26.3 Å². The minimum absolute atomic E-state index is 0.153. The number of carbonyl (C=O) groups excluding carboxylic acids is 3. The number of nitrogens with zero attached hydrogens (tertiary/aromatic N) is 1. The highest BCUT2D eigenvalue weighted by molar-refractivity contribution is 6.30. The normalized spacial score (nSPS) is 16.8. The topological polar surface area (TPSA) is 66.5 Å². The quantitative estimate of drug-likeness (QED) is 0.848. The molecule has 116 valence electrons. The Balaban J connectivity index is 2.22. The molecule has 3 amide bonds. The molecule has 1 aromatic rings. The fraction of sp³-hybridized carbons (Fsp3) is 0.312. The molecule has 1 aliphatic rings. The molecule has 22 heavy (non-hydrogen) atoms. The molecule has 0 radical (unpaired) electrons. The number of rotatable bonds is 5. The van der Waals surface area contributed by atoms with Crippen LogP contribution in [0.5, 0.6) is 0 Å². The first-order chi connectivity index (χ1) is 10.4. The fourth-order valence-electron chi connectivity index (χ4n) is 2.29. The van der Waals surface area contributed by atoms with Crippen LogP contribution in [0.4, 0.5) is 5.69 Å². The van der Waals surface area contributed by atoms with E-state index in [1.807, 2.05) is 13.8 Å². The number of benzene rings is 1. The fourth-order valence-corrected chi connectivity index (χ4v) is 2.41. The van der Waals surface area contributed by atoms with Crippen LogP contribution >= 0.6 is 11.6 Å². The molecular weight excluding hydrogens is 304 g/mol. The first kappa shape index (κ1) is 16.2. The molecule has 2 rings (SSSR count). The van der Waals surface area contributed by atoms with Crippen LogP contribution in [0.3, 0.4) is 0 Å². The molecular formula is C16H17ClN2O3. The summed E-state index contributed by atoms with van der Waals surface area (Å²) in [5.41, 5.74) is 0.565. The van der Waals surface area contributed by atoms with Gasteiger partial charge in [-0.3, -0.25) is 19.3 Å². The largest absolute Gasteiger partial charge is 0.324 e. The van der Waals surface area contributed by atoms with Gasteiger partial charge in [-0.15, -0.1) is 0 Å². The van der Waals surface area contributed by atoms with Crippen molar-refractivity contribution in [2.75, 3.05) is 5.32 Å². The lowest BCUT2D eigenvalue weighted by Gasteiger charge is -2.29. The van der Waals surface area contributed by atoms with E-state index in [0.29, 0.717) is 17.1 Å². The second-order valence-electron chi connectivity index (χ2n) is 5.21. The van der Waals surface area contributed by atoms with Crippen LogP contribution in [-0.4, -0.2) is 28.7 Å². The van der Waals surface area contributed by atoms with Gasteiger partial charge in [0.15, 0.2) is 0 Å². The molecule has 5 nitrogen and oxygen atoms in total. The van der Waals surface area contributed by atoms with Gasteiger partial charge in [-0.2, -0.15) is 0 Å². The highest BCUT2D eigenvalue weighted by Gasteiger charge is 2.38. The second-order valence-corrected chi connectivity index (χ2v) is 5.64. The summed E-state index contributed by atoms with van der Waals surface area (Å²) in [6.07, 6.45) is 3.04. The number of anilines is 1. The van der Waals surface area contributed by atoms with E-state index in [1.165, 1.54) is 12.2 Å². The Morgan fingerprint density at radius 2 is 1.73 bits per heavy atom. The lowest BCUT2D eigenvalue weighted by molar-refractivity contribution is -0.145. The summed E-state index contributed by atoms with van der Waals surface area (Å²) in [7, 11) is 0. The third kappa shape index (κ3) is 3.36. The number of nitrogens with one attached hydrogen (secondary N) is 1. The van der Waals surface area contributed by atoms with Gasteiger partial charge in [0.2, 0.25) is 5.91 Å². The minimum Gasteiger partial charge on any atom is -0.324 e. The first-order valence-electron chi connectivity index (χ1n) is 7.05.